The first kappa shape index (κ1) is 16.0. The van der Waals surface area contributed by atoms with E-state index in [1.807, 2.05) is 20.8 Å². The van der Waals surface area contributed by atoms with Crippen LogP contribution in [0.1, 0.15) is 38.7 Å². The number of sulfonamides is 1. The van der Waals surface area contributed by atoms with E-state index in [4.69, 9.17) is 0 Å². The highest BCUT2D eigenvalue weighted by molar-refractivity contribution is 7.89. The van der Waals surface area contributed by atoms with Gasteiger partial charge in [0.25, 0.3) is 10.0 Å². The molecule has 0 saturated heterocycles. The molecule has 1 aromatic rings. The van der Waals surface area contributed by atoms with Crippen molar-refractivity contribution in [1.82, 2.24) is 4.83 Å². The standard InChI is InChI=1S/C15H22N2O3S/c1-4-15(3)13(9-10-14(15)18)16-17-21(19,20)12-7-5-11(2)6-8-12/h5-8,14,17-18H,4,9-10H2,1-3H3/b16-13+/t14-,15+/m0/s1. The molecule has 0 radical (unpaired) electrons. The Morgan fingerprint density at radius 3 is 2.57 bits per heavy atom. The van der Waals surface area contributed by atoms with Gasteiger partial charge >= 0.3 is 0 Å². The maximum Gasteiger partial charge on any atom is 0.276 e. The monoisotopic (exact) mass is 310 g/mol. The minimum absolute atomic E-state index is 0.189. The molecule has 0 amide bonds. The fourth-order valence-electron chi connectivity index (χ4n) is 2.58. The molecule has 1 saturated carbocycles. The van der Waals surface area contributed by atoms with Gasteiger partial charge in [0.05, 0.1) is 11.0 Å². The van der Waals surface area contributed by atoms with Crippen molar-refractivity contribution in [1.29, 1.82) is 0 Å². The molecular formula is C15H22N2O3S. The summed E-state index contributed by atoms with van der Waals surface area (Å²) in [7, 11) is -3.66. The van der Waals surface area contributed by atoms with Crippen molar-refractivity contribution in [2.45, 2.75) is 51.0 Å². The molecule has 0 heterocycles. The molecule has 0 aromatic heterocycles. The van der Waals surface area contributed by atoms with Crippen LogP contribution in [0.2, 0.25) is 0 Å². The maximum atomic E-state index is 12.2. The first-order chi connectivity index (χ1) is 9.79. The first-order valence-electron chi connectivity index (χ1n) is 7.13. The van der Waals surface area contributed by atoms with Gasteiger partial charge in [-0.15, -0.1) is 0 Å². The number of nitrogens with zero attached hydrogens (tertiary/aromatic N) is 1. The van der Waals surface area contributed by atoms with Gasteiger partial charge in [-0.1, -0.05) is 31.5 Å². The summed E-state index contributed by atoms with van der Waals surface area (Å²) < 4.78 is 24.4. The molecular weight excluding hydrogens is 288 g/mol. The Bertz CT molecular complexity index is 637. The smallest absolute Gasteiger partial charge is 0.276 e. The van der Waals surface area contributed by atoms with Gasteiger partial charge in [0, 0.05) is 11.1 Å². The number of rotatable bonds is 4. The zero-order chi connectivity index (χ0) is 15.7. The molecule has 2 N–H and O–H groups in total. The van der Waals surface area contributed by atoms with Crippen molar-refractivity contribution < 1.29 is 13.5 Å². The average molecular weight is 310 g/mol. The minimum Gasteiger partial charge on any atom is -0.392 e. The largest absolute Gasteiger partial charge is 0.392 e. The summed E-state index contributed by atoms with van der Waals surface area (Å²) in [6.07, 6.45) is 1.49. The van der Waals surface area contributed by atoms with E-state index in [2.05, 4.69) is 9.93 Å². The van der Waals surface area contributed by atoms with Crippen molar-refractivity contribution in [2.24, 2.45) is 10.5 Å². The molecule has 1 aromatic carbocycles. The van der Waals surface area contributed by atoms with Gasteiger partial charge in [0.15, 0.2) is 0 Å². The second-order valence-electron chi connectivity index (χ2n) is 5.79. The number of hydrogen-bond acceptors (Lipinski definition) is 4. The molecule has 0 spiro atoms. The predicted octanol–water partition coefficient (Wildman–Crippen LogP) is 2.20. The van der Waals surface area contributed by atoms with Gasteiger partial charge in [-0.05, 0) is 38.3 Å². The number of nitrogens with one attached hydrogen (secondary N) is 1. The molecule has 6 heteroatoms. The predicted molar refractivity (Wildman–Crippen MR) is 82.6 cm³/mol. The van der Waals surface area contributed by atoms with Gasteiger partial charge in [-0.3, -0.25) is 0 Å². The van der Waals surface area contributed by atoms with Crippen LogP contribution in [0.15, 0.2) is 34.3 Å². The van der Waals surface area contributed by atoms with Gasteiger partial charge in [0.2, 0.25) is 0 Å². The fourth-order valence-corrected chi connectivity index (χ4v) is 3.41. The zero-order valence-corrected chi connectivity index (χ0v) is 13.4. The number of hydrogen-bond donors (Lipinski definition) is 2. The summed E-state index contributed by atoms with van der Waals surface area (Å²) >= 11 is 0. The zero-order valence-electron chi connectivity index (χ0n) is 12.6. The van der Waals surface area contributed by atoms with Crippen molar-refractivity contribution >= 4 is 15.7 Å². The molecule has 0 aliphatic heterocycles. The normalized spacial score (nSPS) is 28.0. The highest BCUT2D eigenvalue weighted by Gasteiger charge is 2.42. The minimum atomic E-state index is -3.66. The third kappa shape index (κ3) is 3.11. The molecule has 1 fully saturated rings. The third-order valence-corrected chi connectivity index (χ3v) is 5.64. The summed E-state index contributed by atoms with van der Waals surface area (Å²) in [5, 5.41) is 14.1. The molecule has 1 aliphatic carbocycles. The molecule has 2 atom stereocenters. The van der Waals surface area contributed by atoms with Crippen LogP contribution in [0.25, 0.3) is 0 Å². The van der Waals surface area contributed by atoms with E-state index in [1.165, 1.54) is 0 Å². The lowest BCUT2D eigenvalue weighted by atomic mass is 9.82. The molecule has 0 bridgehead atoms. The second kappa shape index (κ2) is 5.77. The topological polar surface area (TPSA) is 78.8 Å². The lowest BCUT2D eigenvalue weighted by Crippen LogP contribution is -2.33. The van der Waals surface area contributed by atoms with Crippen LogP contribution in [-0.2, 0) is 10.0 Å². The second-order valence-corrected chi connectivity index (χ2v) is 7.45. The summed E-state index contributed by atoms with van der Waals surface area (Å²) in [4.78, 5) is 2.48. The van der Waals surface area contributed by atoms with Gasteiger partial charge in [0.1, 0.15) is 0 Å². The Morgan fingerprint density at radius 2 is 2.00 bits per heavy atom. The van der Waals surface area contributed by atoms with E-state index >= 15 is 0 Å². The number of aliphatic hydroxyl groups excluding tert-OH is 1. The van der Waals surface area contributed by atoms with Crippen molar-refractivity contribution in [3.63, 3.8) is 0 Å². The van der Waals surface area contributed by atoms with E-state index in [9.17, 15) is 13.5 Å². The number of aryl methyl sites for hydroxylation is 1. The average Bonchev–Trinajstić information content (AvgIpc) is 2.74. The maximum absolute atomic E-state index is 12.2. The molecule has 2 rings (SSSR count). The highest BCUT2D eigenvalue weighted by atomic mass is 32.2. The molecule has 116 valence electrons. The summed E-state index contributed by atoms with van der Waals surface area (Å²) in [6.45, 7) is 5.79. The summed E-state index contributed by atoms with van der Waals surface area (Å²) in [5.41, 5.74) is 1.27. The molecule has 21 heavy (non-hydrogen) atoms. The van der Waals surface area contributed by atoms with Crippen LogP contribution in [-0.4, -0.2) is 25.3 Å². The van der Waals surface area contributed by atoms with Crippen molar-refractivity contribution in [3.05, 3.63) is 29.8 Å². The Morgan fingerprint density at radius 1 is 1.38 bits per heavy atom. The van der Waals surface area contributed by atoms with E-state index < -0.39 is 21.5 Å². The van der Waals surface area contributed by atoms with E-state index in [1.54, 1.807) is 24.3 Å². The number of hydrazone groups is 1. The third-order valence-electron chi connectivity index (χ3n) is 4.42. The molecule has 1 aliphatic rings. The van der Waals surface area contributed by atoms with E-state index in [0.717, 1.165) is 12.0 Å². The van der Waals surface area contributed by atoms with Gasteiger partial charge in [-0.2, -0.15) is 13.5 Å². The molecule has 5 nitrogen and oxygen atoms in total. The van der Waals surface area contributed by atoms with Crippen LogP contribution in [0.3, 0.4) is 0 Å². The molecule has 0 unspecified atom stereocenters. The van der Waals surface area contributed by atoms with E-state index in [0.29, 0.717) is 18.6 Å². The highest BCUT2D eigenvalue weighted by Crippen LogP contribution is 2.38. The van der Waals surface area contributed by atoms with Crippen LogP contribution in [0.5, 0.6) is 0 Å². The van der Waals surface area contributed by atoms with Crippen LogP contribution in [0.4, 0.5) is 0 Å². The Kier molecular flexibility index (Phi) is 4.39. The van der Waals surface area contributed by atoms with Crippen LogP contribution < -0.4 is 4.83 Å². The lowest BCUT2D eigenvalue weighted by molar-refractivity contribution is 0.0926. The first-order valence-corrected chi connectivity index (χ1v) is 8.61. The summed E-state index contributed by atoms with van der Waals surface area (Å²) in [5.74, 6) is 0. The number of benzene rings is 1. The van der Waals surface area contributed by atoms with Crippen molar-refractivity contribution in [2.75, 3.05) is 0 Å². The van der Waals surface area contributed by atoms with Gasteiger partial charge in [-0.25, -0.2) is 4.83 Å². The van der Waals surface area contributed by atoms with Gasteiger partial charge < -0.3 is 5.11 Å². The fraction of sp³-hybridized carbons (Fsp3) is 0.533. The lowest BCUT2D eigenvalue weighted by Gasteiger charge is -2.26. The van der Waals surface area contributed by atoms with Crippen LogP contribution >= 0.6 is 0 Å². The van der Waals surface area contributed by atoms with Crippen molar-refractivity contribution in [3.8, 4) is 0 Å². The quantitative estimate of drug-likeness (QED) is 0.837. The SMILES string of the molecule is CC[C@]1(C)/C(=N/NS(=O)(=O)c2ccc(C)cc2)CC[C@@H]1O. The Balaban J connectivity index is 2.22. The Labute approximate surface area is 126 Å². The number of aliphatic hydroxyl groups is 1. The van der Waals surface area contributed by atoms with E-state index in [-0.39, 0.29) is 4.90 Å². The van der Waals surface area contributed by atoms with Crippen LogP contribution in [0, 0.1) is 12.3 Å². The summed E-state index contributed by atoms with van der Waals surface area (Å²) in [6, 6.07) is 6.61. The Hall–Kier alpha value is -1.40.